The van der Waals surface area contributed by atoms with Gasteiger partial charge >= 0.3 is 0 Å². The molecule has 5 nitrogen and oxygen atoms in total. The molecule has 2 fully saturated rings. The van der Waals surface area contributed by atoms with Crippen LogP contribution in [0.4, 0.5) is 0 Å². The fraction of sp³-hybridized carbons (Fsp3) is 0.419. The largest absolute Gasteiger partial charge is 0.462 e. The average molecular weight is 486 g/mol. The average Bonchev–Trinajstić information content (AvgIpc) is 3.30. The highest BCUT2D eigenvalue weighted by atomic mass is 16.7. The Balaban J connectivity index is 1.60. The molecule has 188 valence electrons. The maximum atomic E-state index is 6.74. The lowest BCUT2D eigenvalue weighted by atomic mass is 9.90. The minimum Gasteiger partial charge on any atom is -0.462 e. The first-order chi connectivity index (χ1) is 17.2. The van der Waals surface area contributed by atoms with Gasteiger partial charge in [-0.25, -0.2) is 0 Å². The fourth-order valence-corrected chi connectivity index (χ4v) is 5.34. The molecular weight excluding hydrogens is 450 g/mol. The van der Waals surface area contributed by atoms with Crippen molar-refractivity contribution in [2.75, 3.05) is 6.61 Å². The summed E-state index contributed by atoms with van der Waals surface area (Å²) in [6, 6.07) is 21.4. The molecule has 0 saturated carbocycles. The smallest absolute Gasteiger partial charge is 0.199 e. The van der Waals surface area contributed by atoms with Crippen molar-refractivity contribution >= 4 is 21.8 Å². The lowest BCUT2D eigenvalue weighted by molar-refractivity contribution is -0.114. The standard InChI is InChI=1S/C31H35NO4/c1-20-18-23(29-35-30(2,3)31(4,5)36-29)28(34-27-16-10-11-17-33-27)26(19-20)32-24-14-8-6-12-21(24)22-13-7-9-15-25(22)32/h6-9,12-15,18-19,27,29H,10-11,16-17H2,1-5H3. The molecule has 0 radical (unpaired) electrons. The Bertz CT molecular complexity index is 1360. The number of hydrogen-bond acceptors (Lipinski definition) is 4. The van der Waals surface area contributed by atoms with E-state index in [1.54, 1.807) is 0 Å². The summed E-state index contributed by atoms with van der Waals surface area (Å²) in [6.45, 7) is 11.2. The van der Waals surface area contributed by atoms with Crippen LogP contribution in [0.5, 0.6) is 5.75 Å². The van der Waals surface area contributed by atoms with Gasteiger partial charge in [-0.05, 0) is 77.3 Å². The molecule has 36 heavy (non-hydrogen) atoms. The molecule has 0 amide bonds. The molecule has 0 N–H and O–H groups in total. The highest BCUT2D eigenvalue weighted by Gasteiger charge is 2.50. The molecule has 1 aromatic heterocycles. The second kappa shape index (κ2) is 8.62. The van der Waals surface area contributed by atoms with Crippen LogP contribution >= 0.6 is 0 Å². The number of rotatable bonds is 4. The first-order valence-corrected chi connectivity index (χ1v) is 13.0. The summed E-state index contributed by atoms with van der Waals surface area (Å²) in [6.07, 6.45) is 2.18. The zero-order valence-corrected chi connectivity index (χ0v) is 21.8. The predicted molar refractivity (Wildman–Crippen MR) is 143 cm³/mol. The van der Waals surface area contributed by atoms with E-state index in [0.717, 1.165) is 52.9 Å². The van der Waals surface area contributed by atoms with Gasteiger partial charge in [0.25, 0.3) is 0 Å². The van der Waals surface area contributed by atoms with Crippen molar-refractivity contribution in [1.82, 2.24) is 4.57 Å². The van der Waals surface area contributed by atoms with Crippen molar-refractivity contribution in [3.63, 3.8) is 0 Å². The molecular formula is C31H35NO4. The van der Waals surface area contributed by atoms with Crippen LogP contribution < -0.4 is 4.74 Å². The van der Waals surface area contributed by atoms with Crippen molar-refractivity contribution in [3.8, 4) is 11.4 Å². The van der Waals surface area contributed by atoms with E-state index in [1.165, 1.54) is 10.8 Å². The molecule has 0 bridgehead atoms. The lowest BCUT2D eigenvalue weighted by Gasteiger charge is -2.30. The van der Waals surface area contributed by atoms with E-state index in [2.05, 4.69) is 99.8 Å². The molecule has 2 aliphatic heterocycles. The van der Waals surface area contributed by atoms with Gasteiger partial charge < -0.3 is 23.5 Å². The third kappa shape index (κ3) is 3.81. The third-order valence-electron chi connectivity index (χ3n) is 7.96. The minimum atomic E-state index is -0.541. The number of nitrogens with zero attached hydrogens (tertiary/aromatic N) is 1. The van der Waals surface area contributed by atoms with Crippen LogP contribution in [0.15, 0.2) is 60.7 Å². The molecule has 0 spiro atoms. The Morgan fingerprint density at radius 2 is 1.44 bits per heavy atom. The zero-order chi connectivity index (χ0) is 25.1. The molecule has 5 heteroatoms. The highest BCUT2D eigenvalue weighted by Crippen LogP contribution is 2.49. The molecule has 2 saturated heterocycles. The van der Waals surface area contributed by atoms with E-state index in [4.69, 9.17) is 18.9 Å². The van der Waals surface area contributed by atoms with Crippen LogP contribution in [-0.2, 0) is 14.2 Å². The summed E-state index contributed by atoms with van der Waals surface area (Å²) in [5.74, 6) is 0.762. The quantitative estimate of drug-likeness (QED) is 0.298. The van der Waals surface area contributed by atoms with E-state index in [1.807, 2.05) is 0 Å². The van der Waals surface area contributed by atoms with Gasteiger partial charge in [0.2, 0.25) is 0 Å². The number of aromatic nitrogens is 1. The van der Waals surface area contributed by atoms with Crippen molar-refractivity contribution < 1.29 is 18.9 Å². The van der Waals surface area contributed by atoms with Gasteiger partial charge in [0.05, 0.1) is 40.1 Å². The normalized spacial score (nSPS) is 21.9. The number of para-hydroxylation sites is 2. The van der Waals surface area contributed by atoms with E-state index in [9.17, 15) is 0 Å². The molecule has 0 aliphatic carbocycles. The summed E-state index contributed by atoms with van der Waals surface area (Å²) in [7, 11) is 0. The Morgan fingerprint density at radius 1 is 0.833 bits per heavy atom. The van der Waals surface area contributed by atoms with Crippen molar-refractivity contribution in [2.24, 2.45) is 0 Å². The Morgan fingerprint density at radius 3 is 2.03 bits per heavy atom. The molecule has 6 rings (SSSR count). The summed E-state index contributed by atoms with van der Waals surface area (Å²) >= 11 is 0. The van der Waals surface area contributed by atoms with Crippen LogP contribution in [-0.4, -0.2) is 28.7 Å². The van der Waals surface area contributed by atoms with Crippen molar-refractivity contribution in [1.29, 1.82) is 0 Å². The lowest BCUT2D eigenvalue weighted by Crippen LogP contribution is -2.41. The molecule has 3 heterocycles. The molecule has 3 aromatic carbocycles. The molecule has 1 unspecified atom stereocenters. The summed E-state index contributed by atoms with van der Waals surface area (Å²) in [5.41, 5.74) is 4.37. The fourth-order valence-electron chi connectivity index (χ4n) is 5.34. The van der Waals surface area contributed by atoms with Crippen LogP contribution in [0.2, 0.25) is 0 Å². The van der Waals surface area contributed by atoms with E-state index < -0.39 is 17.5 Å². The van der Waals surface area contributed by atoms with Crippen LogP contribution in [0.1, 0.15) is 64.4 Å². The topological polar surface area (TPSA) is 41.9 Å². The highest BCUT2D eigenvalue weighted by molar-refractivity contribution is 6.09. The second-order valence-corrected chi connectivity index (χ2v) is 11.1. The van der Waals surface area contributed by atoms with Gasteiger partial charge in [-0.3, -0.25) is 0 Å². The first-order valence-electron chi connectivity index (χ1n) is 13.0. The Kier molecular flexibility index (Phi) is 5.63. The maximum absolute atomic E-state index is 6.74. The molecule has 1 atom stereocenters. The van der Waals surface area contributed by atoms with Crippen LogP contribution in [0, 0.1) is 6.92 Å². The summed E-state index contributed by atoms with van der Waals surface area (Å²) < 4.78 is 28.2. The van der Waals surface area contributed by atoms with Crippen LogP contribution in [0.25, 0.3) is 27.5 Å². The van der Waals surface area contributed by atoms with Gasteiger partial charge in [0, 0.05) is 17.2 Å². The van der Waals surface area contributed by atoms with Crippen molar-refractivity contribution in [3.05, 3.63) is 71.8 Å². The first kappa shape index (κ1) is 23.5. The van der Waals surface area contributed by atoms with Gasteiger partial charge in [0.1, 0.15) is 0 Å². The number of benzene rings is 3. The number of fused-ring (bicyclic) bond motifs is 3. The second-order valence-electron chi connectivity index (χ2n) is 11.1. The minimum absolute atomic E-state index is 0.297. The van der Waals surface area contributed by atoms with Gasteiger partial charge in [-0.1, -0.05) is 36.4 Å². The predicted octanol–water partition coefficient (Wildman–Crippen LogP) is 7.60. The summed E-state index contributed by atoms with van der Waals surface area (Å²) in [4.78, 5) is 0. The van der Waals surface area contributed by atoms with Gasteiger partial charge in [0.15, 0.2) is 18.3 Å². The van der Waals surface area contributed by atoms with E-state index >= 15 is 0 Å². The number of hydrogen-bond donors (Lipinski definition) is 0. The summed E-state index contributed by atoms with van der Waals surface area (Å²) in [5, 5.41) is 2.43. The monoisotopic (exact) mass is 485 g/mol. The number of ether oxygens (including phenoxy) is 4. The van der Waals surface area contributed by atoms with E-state index in [-0.39, 0.29) is 6.29 Å². The Hall–Kier alpha value is -2.86. The maximum Gasteiger partial charge on any atom is 0.199 e. The van der Waals surface area contributed by atoms with Crippen molar-refractivity contribution in [2.45, 2.75) is 77.7 Å². The SMILES string of the molecule is Cc1cc(C2OC(C)(C)C(C)(C)O2)c(OC2CCCCO2)c(-n2c3ccccc3c3ccccc32)c1. The van der Waals surface area contributed by atoms with Crippen LogP contribution in [0.3, 0.4) is 0 Å². The van der Waals surface area contributed by atoms with E-state index in [0.29, 0.717) is 6.61 Å². The Labute approximate surface area is 212 Å². The molecule has 4 aromatic rings. The third-order valence-corrected chi connectivity index (χ3v) is 7.96. The zero-order valence-electron chi connectivity index (χ0n) is 21.8. The number of aryl methyl sites for hydroxylation is 1. The molecule has 2 aliphatic rings. The van der Waals surface area contributed by atoms with Gasteiger partial charge in [-0.2, -0.15) is 0 Å². The van der Waals surface area contributed by atoms with Gasteiger partial charge in [-0.15, -0.1) is 0 Å².